The maximum Gasteiger partial charge on any atom is 0.331 e. The molecule has 1 aliphatic rings. The fourth-order valence-corrected chi connectivity index (χ4v) is 4.08. The van der Waals surface area contributed by atoms with E-state index in [4.69, 9.17) is 18.6 Å². The van der Waals surface area contributed by atoms with Crippen molar-refractivity contribution < 1.29 is 28.2 Å². The molecule has 5 rings (SSSR count). The number of ketones is 1. The number of para-hydroxylation sites is 4. The van der Waals surface area contributed by atoms with Gasteiger partial charge in [-0.2, -0.15) is 0 Å². The van der Waals surface area contributed by atoms with Crippen molar-refractivity contribution >= 4 is 28.9 Å². The monoisotopic (exact) mass is 472 g/mol. The molecule has 1 atom stereocenters. The number of ether oxygens (including phenoxy) is 3. The molecule has 0 saturated heterocycles. The van der Waals surface area contributed by atoms with E-state index in [0.717, 1.165) is 17.1 Å². The van der Waals surface area contributed by atoms with Crippen LogP contribution < -0.4 is 9.47 Å². The number of esters is 1. The van der Waals surface area contributed by atoms with Crippen LogP contribution in [0.2, 0.25) is 0 Å². The molecule has 0 N–H and O–H groups in total. The average molecular weight is 472 g/mol. The van der Waals surface area contributed by atoms with Crippen molar-refractivity contribution in [2.45, 2.75) is 26.5 Å². The Kier molecular flexibility index (Phi) is 6.10. The van der Waals surface area contributed by atoms with E-state index >= 15 is 0 Å². The summed E-state index contributed by atoms with van der Waals surface area (Å²) in [6, 6.07) is 16.6. The van der Waals surface area contributed by atoms with Crippen LogP contribution in [0.1, 0.15) is 27.6 Å². The predicted molar refractivity (Wildman–Crippen MR) is 129 cm³/mol. The molecule has 0 fully saturated rings. The third kappa shape index (κ3) is 4.82. The van der Waals surface area contributed by atoms with E-state index < -0.39 is 5.97 Å². The Morgan fingerprint density at radius 1 is 1.11 bits per heavy atom. The zero-order valence-corrected chi connectivity index (χ0v) is 19.4. The van der Waals surface area contributed by atoms with Crippen LogP contribution in [0.25, 0.3) is 17.2 Å². The van der Waals surface area contributed by atoms with E-state index in [1.807, 2.05) is 60.9 Å². The molecule has 35 heavy (non-hydrogen) atoms. The molecule has 0 radical (unpaired) electrons. The van der Waals surface area contributed by atoms with Gasteiger partial charge in [0, 0.05) is 29.1 Å². The van der Waals surface area contributed by atoms with Gasteiger partial charge in [-0.15, -0.1) is 0 Å². The second-order valence-electron chi connectivity index (χ2n) is 8.28. The molecule has 2 aromatic heterocycles. The summed E-state index contributed by atoms with van der Waals surface area (Å²) in [6.07, 6.45) is 2.43. The van der Waals surface area contributed by atoms with E-state index in [9.17, 15) is 9.59 Å². The second kappa shape index (κ2) is 9.50. The zero-order chi connectivity index (χ0) is 24.4. The Labute approximate surface area is 201 Å². The molecule has 8 heteroatoms. The van der Waals surface area contributed by atoms with E-state index in [-0.39, 0.29) is 24.4 Å². The Hall–Kier alpha value is -4.33. The number of oxazole rings is 1. The molecular weight excluding hydrogens is 448 g/mol. The molecule has 0 bridgehead atoms. The third-order valence-electron chi connectivity index (χ3n) is 5.85. The maximum atomic E-state index is 12.8. The number of hydrogen-bond acceptors (Lipinski definition) is 7. The van der Waals surface area contributed by atoms with Crippen LogP contribution in [-0.2, 0) is 16.1 Å². The smallest absolute Gasteiger partial charge is 0.331 e. The highest BCUT2D eigenvalue weighted by Gasteiger charge is 2.24. The van der Waals surface area contributed by atoms with E-state index in [1.165, 1.54) is 12.2 Å². The van der Waals surface area contributed by atoms with Gasteiger partial charge in [0.15, 0.2) is 29.8 Å². The van der Waals surface area contributed by atoms with E-state index in [1.54, 1.807) is 12.1 Å². The van der Waals surface area contributed by atoms with Crippen molar-refractivity contribution in [3.8, 4) is 11.5 Å². The SMILES string of the molecule is Cc1cc(C(=O)COC(=O)/C=C/c2nc3ccccc3o2)c(C)n1CC1COc2ccccc2O1. The van der Waals surface area contributed by atoms with Gasteiger partial charge in [0.05, 0.1) is 6.54 Å². The van der Waals surface area contributed by atoms with Crippen molar-refractivity contribution in [1.29, 1.82) is 0 Å². The average Bonchev–Trinajstić information content (AvgIpc) is 3.41. The summed E-state index contributed by atoms with van der Waals surface area (Å²) < 4.78 is 24.6. The van der Waals surface area contributed by atoms with Crippen molar-refractivity contribution in [2.75, 3.05) is 13.2 Å². The summed E-state index contributed by atoms with van der Waals surface area (Å²) in [7, 11) is 0. The quantitative estimate of drug-likeness (QED) is 0.222. The third-order valence-corrected chi connectivity index (χ3v) is 5.85. The minimum atomic E-state index is -0.652. The van der Waals surface area contributed by atoms with Crippen molar-refractivity contribution in [3.05, 3.63) is 83.5 Å². The summed E-state index contributed by atoms with van der Waals surface area (Å²) in [5, 5.41) is 0. The molecule has 8 nitrogen and oxygen atoms in total. The number of rotatable bonds is 7. The number of carbonyl (C=O) groups excluding carboxylic acids is 2. The number of nitrogens with zero attached hydrogens (tertiary/aromatic N) is 2. The van der Waals surface area contributed by atoms with Crippen LogP contribution in [0.4, 0.5) is 0 Å². The fraction of sp³-hybridized carbons (Fsp3) is 0.222. The lowest BCUT2D eigenvalue weighted by molar-refractivity contribution is -0.136. The Morgan fingerprint density at radius 3 is 2.71 bits per heavy atom. The largest absolute Gasteiger partial charge is 0.486 e. The van der Waals surface area contributed by atoms with E-state index in [0.29, 0.717) is 35.6 Å². The summed E-state index contributed by atoms with van der Waals surface area (Å²) in [5.74, 6) is 0.794. The molecule has 0 amide bonds. The van der Waals surface area contributed by atoms with Gasteiger partial charge in [0.1, 0.15) is 12.1 Å². The first kappa shape index (κ1) is 22.5. The topological polar surface area (TPSA) is 92.8 Å². The van der Waals surface area contributed by atoms with Crippen molar-refractivity contribution in [2.24, 2.45) is 0 Å². The lowest BCUT2D eigenvalue weighted by Crippen LogP contribution is -2.33. The first-order valence-corrected chi connectivity index (χ1v) is 11.3. The van der Waals surface area contributed by atoms with Crippen LogP contribution in [0.3, 0.4) is 0 Å². The molecule has 0 spiro atoms. The Balaban J connectivity index is 1.19. The summed E-state index contributed by atoms with van der Waals surface area (Å²) in [5.41, 5.74) is 3.53. The molecule has 3 heterocycles. The second-order valence-corrected chi connectivity index (χ2v) is 8.28. The molecule has 4 aromatic rings. The Morgan fingerprint density at radius 2 is 1.89 bits per heavy atom. The molecule has 1 aliphatic heterocycles. The number of Topliss-reactive ketones (excluding diaryl/α,β-unsaturated/α-hetero) is 1. The van der Waals surface area contributed by atoms with Crippen molar-refractivity contribution in [1.82, 2.24) is 9.55 Å². The highest BCUT2D eigenvalue weighted by atomic mass is 16.6. The van der Waals surface area contributed by atoms with Crippen LogP contribution in [0.5, 0.6) is 11.5 Å². The van der Waals surface area contributed by atoms with Gasteiger partial charge in [0.25, 0.3) is 0 Å². The maximum absolute atomic E-state index is 12.8. The summed E-state index contributed by atoms with van der Waals surface area (Å²) in [6.45, 7) is 4.38. The van der Waals surface area contributed by atoms with Gasteiger partial charge >= 0.3 is 5.97 Å². The lowest BCUT2D eigenvalue weighted by atomic mass is 10.1. The fourth-order valence-electron chi connectivity index (χ4n) is 4.08. The van der Waals surface area contributed by atoms with Crippen LogP contribution in [0, 0.1) is 13.8 Å². The normalized spacial score (nSPS) is 15.0. The first-order valence-electron chi connectivity index (χ1n) is 11.3. The number of fused-ring (bicyclic) bond motifs is 2. The molecule has 2 aromatic carbocycles. The number of hydrogen-bond donors (Lipinski definition) is 0. The molecule has 0 saturated carbocycles. The number of aryl methyl sites for hydroxylation is 1. The molecule has 178 valence electrons. The zero-order valence-electron chi connectivity index (χ0n) is 19.4. The summed E-state index contributed by atoms with van der Waals surface area (Å²) >= 11 is 0. The van der Waals surface area contributed by atoms with Gasteiger partial charge in [-0.3, -0.25) is 4.79 Å². The summed E-state index contributed by atoms with van der Waals surface area (Å²) in [4.78, 5) is 29.2. The van der Waals surface area contributed by atoms with Gasteiger partial charge in [-0.05, 0) is 44.2 Å². The van der Waals surface area contributed by atoms with Gasteiger partial charge in [-0.25, -0.2) is 9.78 Å². The predicted octanol–water partition coefficient (Wildman–Crippen LogP) is 4.53. The molecular formula is C27H24N2O6. The van der Waals surface area contributed by atoms with Crippen LogP contribution >= 0.6 is 0 Å². The van der Waals surface area contributed by atoms with Gasteiger partial charge in [0.2, 0.25) is 11.7 Å². The minimum Gasteiger partial charge on any atom is -0.486 e. The highest BCUT2D eigenvalue weighted by Crippen LogP contribution is 2.31. The van der Waals surface area contributed by atoms with Crippen molar-refractivity contribution in [3.63, 3.8) is 0 Å². The molecule has 0 aliphatic carbocycles. The highest BCUT2D eigenvalue weighted by molar-refractivity contribution is 6.00. The lowest BCUT2D eigenvalue weighted by Gasteiger charge is -2.27. The van der Waals surface area contributed by atoms with Gasteiger partial charge in [-0.1, -0.05) is 24.3 Å². The number of benzene rings is 2. The number of aromatic nitrogens is 2. The number of carbonyl (C=O) groups is 2. The van der Waals surface area contributed by atoms with Crippen LogP contribution in [-0.4, -0.2) is 40.6 Å². The Bertz CT molecular complexity index is 1400. The first-order chi connectivity index (χ1) is 17.0. The standard InChI is InChI=1S/C27H24N2O6/c1-17-13-20(18(2)29(17)14-19-15-32-24-9-5-6-10-25(24)34-19)22(30)16-33-27(31)12-11-26-28-21-7-3-4-8-23(21)35-26/h3-13,19H,14-16H2,1-2H3/b12-11+. The van der Waals surface area contributed by atoms with E-state index in [2.05, 4.69) is 4.98 Å². The molecule has 1 unspecified atom stereocenters. The van der Waals surface area contributed by atoms with Gasteiger partial charge < -0.3 is 23.2 Å². The minimum absolute atomic E-state index is 0.188. The van der Waals surface area contributed by atoms with Crippen LogP contribution in [0.15, 0.2) is 65.1 Å².